The van der Waals surface area contributed by atoms with Crippen molar-refractivity contribution in [3.63, 3.8) is 0 Å². The molecule has 0 saturated heterocycles. The van der Waals surface area contributed by atoms with Crippen LogP contribution in [-0.2, 0) is 4.79 Å². The molecule has 1 aliphatic rings. The molecule has 1 rings (SSSR count). The van der Waals surface area contributed by atoms with E-state index in [4.69, 9.17) is 0 Å². The van der Waals surface area contributed by atoms with Gasteiger partial charge in [0.05, 0.1) is 6.21 Å². The fourth-order valence-electron chi connectivity index (χ4n) is 0.941. The van der Waals surface area contributed by atoms with Crippen LogP contribution in [-0.4, -0.2) is 30.1 Å². The summed E-state index contributed by atoms with van der Waals surface area (Å²) in [7, 11) is 0. The van der Waals surface area contributed by atoms with Gasteiger partial charge in [-0.3, -0.25) is 9.80 Å². The van der Waals surface area contributed by atoms with E-state index in [0.29, 0.717) is 12.5 Å². The van der Waals surface area contributed by atoms with Crippen LogP contribution in [0.2, 0.25) is 0 Å². The van der Waals surface area contributed by atoms with E-state index in [2.05, 4.69) is 18.9 Å². The van der Waals surface area contributed by atoms with E-state index >= 15 is 0 Å². The van der Waals surface area contributed by atoms with Crippen molar-refractivity contribution in [1.29, 1.82) is 0 Å². The maximum atomic E-state index is 10.6. The highest BCUT2D eigenvalue weighted by atomic mass is 16.1. The molecule has 0 bridgehead atoms. The van der Waals surface area contributed by atoms with Crippen LogP contribution in [0.5, 0.6) is 0 Å². The van der Waals surface area contributed by atoms with Gasteiger partial charge in [-0.2, -0.15) is 5.10 Å². The highest BCUT2D eigenvalue weighted by Crippen LogP contribution is 2.01. The molecule has 0 radical (unpaired) electrons. The lowest BCUT2D eigenvalue weighted by Gasteiger charge is -2.14. The zero-order valence-electron chi connectivity index (χ0n) is 6.37. The molecule has 0 aromatic rings. The first-order valence-electron chi connectivity index (χ1n) is 3.50. The third-order valence-corrected chi connectivity index (χ3v) is 1.28. The molecule has 10 heavy (non-hydrogen) atoms. The van der Waals surface area contributed by atoms with Crippen molar-refractivity contribution < 1.29 is 4.79 Å². The zero-order chi connectivity index (χ0) is 7.56. The van der Waals surface area contributed by atoms with Crippen LogP contribution >= 0.6 is 0 Å². The number of Topliss-reactive ketones (excluding diaryl/α,β-unsaturated/α-hetero) is 1. The Bertz CT molecular complexity index is 163. The third-order valence-electron chi connectivity index (χ3n) is 1.28. The molecule has 0 spiro atoms. The highest BCUT2D eigenvalue weighted by molar-refractivity contribution is 6.29. The first kappa shape index (κ1) is 7.25. The minimum absolute atomic E-state index is 0.112. The van der Waals surface area contributed by atoms with Gasteiger partial charge in [0.25, 0.3) is 0 Å². The fourth-order valence-corrected chi connectivity index (χ4v) is 0.941. The van der Waals surface area contributed by atoms with Gasteiger partial charge in [0.1, 0.15) is 6.54 Å². The summed E-state index contributed by atoms with van der Waals surface area (Å²) in [6, 6.07) is 0. The number of ketones is 1. The first-order valence-corrected chi connectivity index (χ1v) is 3.50. The van der Waals surface area contributed by atoms with Gasteiger partial charge in [0.2, 0.25) is 0 Å². The molecule has 3 nitrogen and oxygen atoms in total. The van der Waals surface area contributed by atoms with E-state index in [0.717, 1.165) is 6.54 Å². The van der Waals surface area contributed by atoms with Gasteiger partial charge >= 0.3 is 0 Å². The summed E-state index contributed by atoms with van der Waals surface area (Å²) < 4.78 is 0. The SMILES string of the molecule is CC(C)CN1CC(=O)C=N1. The van der Waals surface area contributed by atoms with Crippen LogP contribution < -0.4 is 0 Å². The molecule has 0 amide bonds. The van der Waals surface area contributed by atoms with Gasteiger partial charge in [0, 0.05) is 6.54 Å². The number of hydrogen-bond acceptors (Lipinski definition) is 3. The lowest BCUT2D eigenvalue weighted by molar-refractivity contribution is -0.112. The van der Waals surface area contributed by atoms with Gasteiger partial charge in [-0.05, 0) is 5.92 Å². The van der Waals surface area contributed by atoms with Crippen molar-refractivity contribution in [3.8, 4) is 0 Å². The predicted molar refractivity (Wildman–Crippen MR) is 39.9 cm³/mol. The molecule has 3 heteroatoms. The Kier molecular flexibility index (Phi) is 2.04. The Labute approximate surface area is 60.7 Å². The monoisotopic (exact) mass is 140 g/mol. The number of nitrogens with zero attached hydrogens (tertiary/aromatic N) is 2. The number of hydrogen-bond donors (Lipinski definition) is 0. The zero-order valence-corrected chi connectivity index (χ0v) is 6.37. The largest absolute Gasteiger partial charge is 0.291 e. The van der Waals surface area contributed by atoms with Crippen LogP contribution in [0.15, 0.2) is 5.10 Å². The molecule has 0 aliphatic carbocycles. The molecular weight excluding hydrogens is 128 g/mol. The average molecular weight is 140 g/mol. The molecular formula is C7H12N2O. The molecule has 0 fully saturated rings. The average Bonchev–Trinajstić information content (AvgIpc) is 2.13. The molecule has 0 aromatic carbocycles. The fraction of sp³-hybridized carbons (Fsp3) is 0.714. The van der Waals surface area contributed by atoms with E-state index < -0.39 is 0 Å². The Morgan fingerprint density at radius 3 is 2.90 bits per heavy atom. The van der Waals surface area contributed by atoms with Crippen LogP contribution in [0.4, 0.5) is 0 Å². The van der Waals surface area contributed by atoms with E-state index in [1.807, 2.05) is 0 Å². The van der Waals surface area contributed by atoms with E-state index in [1.54, 1.807) is 5.01 Å². The lowest BCUT2D eigenvalue weighted by Crippen LogP contribution is -2.22. The van der Waals surface area contributed by atoms with Crippen molar-refractivity contribution in [2.45, 2.75) is 13.8 Å². The maximum Gasteiger partial charge on any atom is 0.196 e. The van der Waals surface area contributed by atoms with Crippen molar-refractivity contribution in [1.82, 2.24) is 5.01 Å². The molecule has 0 atom stereocenters. The summed E-state index contributed by atoms with van der Waals surface area (Å²) in [5.74, 6) is 0.684. The van der Waals surface area contributed by atoms with E-state index in [9.17, 15) is 4.79 Å². The molecule has 0 unspecified atom stereocenters. The van der Waals surface area contributed by atoms with E-state index in [1.165, 1.54) is 6.21 Å². The summed E-state index contributed by atoms with van der Waals surface area (Å²) in [6.07, 6.45) is 1.39. The summed E-state index contributed by atoms with van der Waals surface area (Å²) >= 11 is 0. The Balaban J connectivity index is 2.33. The minimum atomic E-state index is 0.112. The topological polar surface area (TPSA) is 32.7 Å². The van der Waals surface area contributed by atoms with Gasteiger partial charge in [0.15, 0.2) is 5.78 Å². The van der Waals surface area contributed by atoms with Gasteiger partial charge in [-0.15, -0.1) is 0 Å². The second kappa shape index (κ2) is 2.82. The van der Waals surface area contributed by atoms with Gasteiger partial charge in [-0.25, -0.2) is 0 Å². The quantitative estimate of drug-likeness (QED) is 0.560. The smallest absolute Gasteiger partial charge is 0.196 e. The molecule has 1 heterocycles. The summed E-state index contributed by atoms with van der Waals surface area (Å²) in [4.78, 5) is 10.6. The van der Waals surface area contributed by atoms with Crippen molar-refractivity contribution in [2.75, 3.05) is 13.1 Å². The second-order valence-electron chi connectivity index (χ2n) is 2.95. The summed E-state index contributed by atoms with van der Waals surface area (Å²) in [6.45, 7) is 5.57. The lowest BCUT2D eigenvalue weighted by atomic mass is 10.2. The third kappa shape index (κ3) is 1.83. The normalized spacial score (nSPS) is 17.5. The number of carbonyl (C=O) groups excluding carboxylic acids is 1. The Hall–Kier alpha value is -0.860. The molecule has 1 aliphatic heterocycles. The summed E-state index contributed by atoms with van der Waals surface area (Å²) in [5.41, 5.74) is 0. The Morgan fingerprint density at radius 2 is 2.50 bits per heavy atom. The minimum Gasteiger partial charge on any atom is -0.291 e. The van der Waals surface area contributed by atoms with Crippen LogP contribution in [0.3, 0.4) is 0 Å². The van der Waals surface area contributed by atoms with Gasteiger partial charge in [-0.1, -0.05) is 13.8 Å². The standard InChI is InChI=1S/C7H12N2O/c1-6(2)4-9-5-7(10)3-8-9/h3,6H,4-5H2,1-2H3. The highest BCUT2D eigenvalue weighted by Gasteiger charge is 2.13. The van der Waals surface area contributed by atoms with Gasteiger partial charge < -0.3 is 0 Å². The van der Waals surface area contributed by atoms with E-state index in [-0.39, 0.29) is 5.78 Å². The second-order valence-corrected chi connectivity index (χ2v) is 2.95. The van der Waals surface area contributed by atoms with Crippen molar-refractivity contribution in [2.24, 2.45) is 11.0 Å². The van der Waals surface area contributed by atoms with Crippen molar-refractivity contribution >= 4 is 12.0 Å². The number of hydrazone groups is 1. The maximum absolute atomic E-state index is 10.6. The van der Waals surface area contributed by atoms with Crippen LogP contribution in [0.25, 0.3) is 0 Å². The Morgan fingerprint density at radius 1 is 1.80 bits per heavy atom. The van der Waals surface area contributed by atoms with Crippen LogP contribution in [0.1, 0.15) is 13.8 Å². The van der Waals surface area contributed by atoms with Crippen molar-refractivity contribution in [3.05, 3.63) is 0 Å². The van der Waals surface area contributed by atoms with Crippen LogP contribution in [0, 0.1) is 5.92 Å². The molecule has 56 valence electrons. The first-order chi connectivity index (χ1) is 4.68. The number of carbonyl (C=O) groups is 1. The molecule has 0 saturated carbocycles. The molecule has 0 N–H and O–H groups in total. The predicted octanol–water partition coefficient (Wildman–Crippen LogP) is 0.513. The molecule has 0 aromatic heterocycles. The number of rotatable bonds is 2. The summed E-state index contributed by atoms with van der Waals surface area (Å²) in [5, 5.41) is 5.71.